The van der Waals surface area contributed by atoms with Crippen LogP contribution in [0.15, 0.2) is 0 Å². The molecule has 0 bridgehead atoms. The molecule has 1 saturated carbocycles. The van der Waals surface area contributed by atoms with Gasteiger partial charge in [0.2, 0.25) is 0 Å². The van der Waals surface area contributed by atoms with Gasteiger partial charge in [-0.15, -0.1) is 0 Å². The van der Waals surface area contributed by atoms with Crippen molar-refractivity contribution in [3.05, 3.63) is 0 Å². The largest absolute Gasteiger partial charge is 0.378 e. The SMILES string of the molecule is CCOC1CC(N2CC(C(C)C)NCC2C(C)C)C1. The Hall–Kier alpha value is -0.120. The number of hydrogen-bond acceptors (Lipinski definition) is 3. The van der Waals surface area contributed by atoms with Crippen LogP contribution in [0.2, 0.25) is 0 Å². The van der Waals surface area contributed by atoms with E-state index in [0.29, 0.717) is 18.2 Å². The zero-order valence-corrected chi connectivity index (χ0v) is 13.4. The molecule has 0 aromatic rings. The lowest BCUT2D eigenvalue weighted by Gasteiger charge is -2.52. The van der Waals surface area contributed by atoms with Gasteiger partial charge >= 0.3 is 0 Å². The maximum absolute atomic E-state index is 5.73. The molecule has 0 aromatic heterocycles. The summed E-state index contributed by atoms with van der Waals surface area (Å²) >= 11 is 0. The number of rotatable bonds is 5. The van der Waals surface area contributed by atoms with E-state index < -0.39 is 0 Å². The van der Waals surface area contributed by atoms with Gasteiger partial charge in [-0.1, -0.05) is 27.7 Å². The third-order valence-corrected chi connectivity index (χ3v) is 4.94. The van der Waals surface area contributed by atoms with Crippen molar-refractivity contribution in [1.82, 2.24) is 10.2 Å². The van der Waals surface area contributed by atoms with Gasteiger partial charge in [0.25, 0.3) is 0 Å². The van der Waals surface area contributed by atoms with Crippen molar-refractivity contribution in [1.29, 1.82) is 0 Å². The predicted octanol–water partition coefficient (Wildman–Crippen LogP) is 2.51. The fourth-order valence-electron chi connectivity index (χ4n) is 3.48. The standard InChI is InChI=1S/C16H32N2O/c1-6-19-14-7-13(8-14)18-10-15(11(2)3)17-9-16(18)12(4)5/h11-17H,6-10H2,1-5H3. The number of nitrogens with zero attached hydrogens (tertiary/aromatic N) is 1. The van der Waals surface area contributed by atoms with Crippen LogP contribution in [0.4, 0.5) is 0 Å². The van der Waals surface area contributed by atoms with Crippen molar-refractivity contribution in [2.45, 2.75) is 71.7 Å². The first-order valence-electron chi connectivity index (χ1n) is 8.13. The predicted molar refractivity (Wildman–Crippen MR) is 80.4 cm³/mol. The summed E-state index contributed by atoms with van der Waals surface area (Å²) in [5.41, 5.74) is 0. The van der Waals surface area contributed by atoms with Crippen LogP contribution < -0.4 is 5.32 Å². The minimum atomic E-state index is 0.523. The van der Waals surface area contributed by atoms with Crippen molar-refractivity contribution in [2.24, 2.45) is 11.8 Å². The molecule has 0 radical (unpaired) electrons. The van der Waals surface area contributed by atoms with E-state index in [1.807, 2.05) is 0 Å². The van der Waals surface area contributed by atoms with Crippen LogP contribution in [0.5, 0.6) is 0 Å². The summed E-state index contributed by atoms with van der Waals surface area (Å²) in [6, 6.07) is 2.11. The average molecular weight is 268 g/mol. The summed E-state index contributed by atoms with van der Waals surface area (Å²) in [4.78, 5) is 2.78. The highest BCUT2D eigenvalue weighted by Gasteiger charge is 2.41. The summed E-state index contributed by atoms with van der Waals surface area (Å²) < 4.78 is 5.73. The van der Waals surface area contributed by atoms with Gasteiger partial charge in [0.15, 0.2) is 0 Å². The van der Waals surface area contributed by atoms with E-state index in [1.54, 1.807) is 0 Å². The fourth-order valence-corrected chi connectivity index (χ4v) is 3.48. The fraction of sp³-hybridized carbons (Fsp3) is 1.00. The first kappa shape index (κ1) is 15.3. The third kappa shape index (κ3) is 3.50. The smallest absolute Gasteiger partial charge is 0.0604 e. The van der Waals surface area contributed by atoms with E-state index in [1.165, 1.54) is 19.4 Å². The van der Waals surface area contributed by atoms with Gasteiger partial charge in [-0.3, -0.25) is 4.90 Å². The molecule has 2 aliphatic rings. The van der Waals surface area contributed by atoms with E-state index in [9.17, 15) is 0 Å². The summed E-state index contributed by atoms with van der Waals surface area (Å²) in [7, 11) is 0. The maximum Gasteiger partial charge on any atom is 0.0604 e. The van der Waals surface area contributed by atoms with Crippen molar-refractivity contribution >= 4 is 0 Å². The minimum absolute atomic E-state index is 0.523. The molecule has 1 aliphatic carbocycles. The number of piperazine rings is 1. The molecule has 2 unspecified atom stereocenters. The van der Waals surface area contributed by atoms with Gasteiger partial charge in [-0.2, -0.15) is 0 Å². The number of ether oxygens (including phenoxy) is 1. The minimum Gasteiger partial charge on any atom is -0.378 e. The van der Waals surface area contributed by atoms with Gasteiger partial charge in [-0.25, -0.2) is 0 Å². The van der Waals surface area contributed by atoms with Crippen molar-refractivity contribution in [3.8, 4) is 0 Å². The molecule has 3 nitrogen and oxygen atoms in total. The van der Waals surface area contributed by atoms with Crippen molar-refractivity contribution < 1.29 is 4.74 Å². The molecule has 2 rings (SSSR count). The van der Waals surface area contributed by atoms with Crippen LogP contribution in [0.1, 0.15) is 47.5 Å². The highest BCUT2D eigenvalue weighted by molar-refractivity contribution is 4.97. The number of nitrogens with one attached hydrogen (secondary N) is 1. The summed E-state index contributed by atoms with van der Waals surface area (Å²) in [6.07, 6.45) is 3.00. The second-order valence-electron chi connectivity index (χ2n) is 6.97. The monoisotopic (exact) mass is 268 g/mol. The molecule has 0 amide bonds. The molecule has 3 heteroatoms. The molecule has 1 aliphatic heterocycles. The Labute approximate surface area is 119 Å². The lowest BCUT2D eigenvalue weighted by atomic mass is 9.83. The highest BCUT2D eigenvalue weighted by atomic mass is 16.5. The van der Waals surface area contributed by atoms with Crippen LogP contribution in [-0.2, 0) is 4.74 Å². The zero-order valence-electron chi connectivity index (χ0n) is 13.4. The molecule has 0 spiro atoms. The Morgan fingerprint density at radius 2 is 1.84 bits per heavy atom. The molecule has 2 atom stereocenters. The van der Waals surface area contributed by atoms with E-state index in [0.717, 1.165) is 31.0 Å². The molecule has 19 heavy (non-hydrogen) atoms. The maximum atomic E-state index is 5.73. The van der Waals surface area contributed by atoms with Crippen molar-refractivity contribution in [3.63, 3.8) is 0 Å². The summed E-state index contributed by atoms with van der Waals surface area (Å²) in [6.45, 7) is 14.7. The lowest BCUT2D eigenvalue weighted by molar-refractivity contribution is -0.0746. The molecule has 1 N–H and O–H groups in total. The van der Waals surface area contributed by atoms with Crippen LogP contribution in [0.3, 0.4) is 0 Å². The third-order valence-electron chi connectivity index (χ3n) is 4.94. The molecule has 0 aromatic carbocycles. The quantitative estimate of drug-likeness (QED) is 0.829. The Morgan fingerprint density at radius 3 is 2.37 bits per heavy atom. The Bertz CT molecular complexity index is 274. The van der Waals surface area contributed by atoms with Gasteiger partial charge in [0.1, 0.15) is 0 Å². The van der Waals surface area contributed by atoms with E-state index in [4.69, 9.17) is 4.74 Å². The van der Waals surface area contributed by atoms with Crippen molar-refractivity contribution in [2.75, 3.05) is 19.7 Å². The number of hydrogen-bond donors (Lipinski definition) is 1. The van der Waals surface area contributed by atoms with Crippen LogP contribution in [0, 0.1) is 11.8 Å². The molecule has 1 heterocycles. The van der Waals surface area contributed by atoms with Crippen LogP contribution >= 0.6 is 0 Å². The van der Waals surface area contributed by atoms with Gasteiger partial charge < -0.3 is 10.1 Å². The van der Waals surface area contributed by atoms with E-state index >= 15 is 0 Å². The highest BCUT2D eigenvalue weighted by Crippen LogP contribution is 2.33. The zero-order chi connectivity index (χ0) is 14.0. The molecule has 2 fully saturated rings. The molecular weight excluding hydrogens is 236 g/mol. The Morgan fingerprint density at radius 1 is 1.16 bits per heavy atom. The second kappa shape index (κ2) is 6.55. The Balaban J connectivity index is 1.93. The Kier molecular flexibility index (Phi) is 5.27. The summed E-state index contributed by atoms with van der Waals surface area (Å²) in [5.74, 6) is 1.45. The molecule has 1 saturated heterocycles. The first-order chi connectivity index (χ1) is 9.02. The van der Waals surface area contributed by atoms with Crippen LogP contribution in [0.25, 0.3) is 0 Å². The van der Waals surface area contributed by atoms with Gasteiger partial charge in [-0.05, 0) is 31.6 Å². The molecule has 112 valence electrons. The molecular formula is C16H32N2O. The first-order valence-corrected chi connectivity index (χ1v) is 8.13. The van der Waals surface area contributed by atoms with E-state index in [-0.39, 0.29) is 0 Å². The van der Waals surface area contributed by atoms with Gasteiger partial charge in [0.05, 0.1) is 6.10 Å². The van der Waals surface area contributed by atoms with E-state index in [2.05, 4.69) is 44.8 Å². The summed E-state index contributed by atoms with van der Waals surface area (Å²) in [5, 5.41) is 3.75. The topological polar surface area (TPSA) is 24.5 Å². The van der Waals surface area contributed by atoms with Gasteiger partial charge in [0, 0.05) is 37.8 Å². The lowest BCUT2D eigenvalue weighted by Crippen LogP contribution is -2.65. The second-order valence-corrected chi connectivity index (χ2v) is 6.97. The van der Waals surface area contributed by atoms with Crippen LogP contribution in [-0.4, -0.2) is 48.8 Å². The normalized spacial score (nSPS) is 36.8. The average Bonchev–Trinajstić information content (AvgIpc) is 2.32.